The molecule has 0 radical (unpaired) electrons. The average Bonchev–Trinajstić information content (AvgIpc) is 3.48. The molecule has 17 heteroatoms. The maximum Gasteiger partial charge on any atom is 0.298 e. The second-order valence-electron chi connectivity index (χ2n) is 21.0. The fourth-order valence-corrected chi connectivity index (χ4v) is 10.2. The first kappa shape index (κ1) is 59.3. The van der Waals surface area contributed by atoms with Gasteiger partial charge in [0.25, 0.3) is 12.4 Å². The molecule has 2 amide bonds. The number of hydrogen-bond acceptors (Lipinski definition) is 14. The highest BCUT2D eigenvalue weighted by Gasteiger charge is 2.24. The zero-order valence-electron chi connectivity index (χ0n) is 47.9. The minimum absolute atomic E-state index is 0.0722. The summed E-state index contributed by atoms with van der Waals surface area (Å²) in [7, 11) is 7.86. The molecule has 83 heavy (non-hydrogen) atoms. The third kappa shape index (κ3) is 16.2. The van der Waals surface area contributed by atoms with Gasteiger partial charge in [-0.15, -0.1) is 0 Å². The van der Waals surface area contributed by atoms with Crippen LogP contribution in [0.25, 0.3) is 55.7 Å². The molecule has 0 saturated heterocycles. The van der Waals surface area contributed by atoms with Crippen LogP contribution >= 0.6 is 0 Å². The fraction of sp³-hybridized carbons (Fsp3) is 0.348. The SMILES string of the molecule is CN(C)c1ccc2c(-c3ccc(C(=O)NCCOCCOCCOCCOCCC(=O)NCCCCCC(=O)Cc4ccc(-c5nc(NC6Cc7ccccc7C6)c6ccccc6n5)cc4)cc3OC=O)c3ccc(=[N+](C)C)cc-3oc2c1. The Hall–Kier alpha value is -8.35. The zero-order valence-corrected chi connectivity index (χ0v) is 47.9. The van der Waals surface area contributed by atoms with Crippen molar-refractivity contribution in [3.05, 3.63) is 155 Å². The number of nitrogens with one attached hydrogen (secondary N) is 3. The number of fused-ring (bicyclic) bond motifs is 4. The number of unbranched alkanes of at least 4 members (excludes halogenated alkanes) is 2. The summed E-state index contributed by atoms with van der Waals surface area (Å²) >= 11 is 0. The second-order valence-corrected chi connectivity index (χ2v) is 21.0. The first-order valence-electron chi connectivity index (χ1n) is 28.5. The molecule has 0 atom stereocenters. The van der Waals surface area contributed by atoms with E-state index in [1.54, 1.807) is 18.2 Å². The number of Topliss-reactive ketones (excluding diaryl/α,β-unsaturated/α-hetero) is 1. The highest BCUT2D eigenvalue weighted by Crippen LogP contribution is 2.44. The molecule has 2 aliphatic carbocycles. The third-order valence-corrected chi connectivity index (χ3v) is 14.6. The first-order valence-corrected chi connectivity index (χ1v) is 28.5. The Bertz CT molecular complexity index is 3540. The Kier molecular flexibility index (Phi) is 21.1. The highest BCUT2D eigenvalue weighted by molar-refractivity contribution is 6.05. The lowest BCUT2D eigenvalue weighted by atomic mass is 9.92. The van der Waals surface area contributed by atoms with Crippen LogP contribution in [0.15, 0.2) is 132 Å². The highest BCUT2D eigenvalue weighted by atomic mass is 16.6. The van der Waals surface area contributed by atoms with Crippen LogP contribution in [0.3, 0.4) is 0 Å². The van der Waals surface area contributed by atoms with Crippen LogP contribution in [-0.4, -0.2) is 134 Å². The summed E-state index contributed by atoms with van der Waals surface area (Å²) in [6, 6.07) is 41.9. The van der Waals surface area contributed by atoms with Crippen molar-refractivity contribution >= 4 is 57.4 Å². The predicted molar refractivity (Wildman–Crippen MR) is 323 cm³/mol. The lowest BCUT2D eigenvalue weighted by Crippen LogP contribution is -2.27. The molecule has 17 nitrogen and oxygen atoms in total. The fourth-order valence-electron chi connectivity index (χ4n) is 10.2. The van der Waals surface area contributed by atoms with Crippen molar-refractivity contribution in [2.75, 3.05) is 104 Å². The van der Waals surface area contributed by atoms with Crippen LogP contribution in [0.2, 0.25) is 0 Å². The number of para-hydroxylation sites is 1. The van der Waals surface area contributed by atoms with E-state index in [1.807, 2.05) is 117 Å². The minimum Gasteiger partial charge on any atom is -0.456 e. The lowest BCUT2D eigenvalue weighted by Gasteiger charge is -2.19. The monoisotopic (exact) mass is 1120 g/mol. The third-order valence-electron chi connectivity index (χ3n) is 14.6. The molecule has 5 aromatic carbocycles. The number of nitrogens with zero attached hydrogens (tertiary/aromatic N) is 4. The normalized spacial score (nSPS) is 12.1. The van der Waals surface area contributed by atoms with Gasteiger partial charge in [0.05, 0.1) is 64.4 Å². The maximum atomic E-state index is 13.2. The Morgan fingerprint density at radius 3 is 2.10 bits per heavy atom. The van der Waals surface area contributed by atoms with E-state index < -0.39 is 0 Å². The number of hydrogen-bond donors (Lipinski definition) is 3. The number of aromatic nitrogens is 2. The summed E-state index contributed by atoms with van der Waals surface area (Å²) in [6.07, 6.45) is 5.46. The molecule has 1 aliphatic heterocycles. The van der Waals surface area contributed by atoms with Crippen LogP contribution < -0.4 is 35.5 Å². The van der Waals surface area contributed by atoms with Crippen LogP contribution in [-0.2, 0) is 52.6 Å². The molecule has 3 aliphatic rings. The van der Waals surface area contributed by atoms with Crippen molar-refractivity contribution in [3.8, 4) is 39.6 Å². The van der Waals surface area contributed by atoms with Crippen molar-refractivity contribution < 1.29 is 47.3 Å². The van der Waals surface area contributed by atoms with E-state index in [-0.39, 0.29) is 49.0 Å². The average molecular weight is 1130 g/mol. The summed E-state index contributed by atoms with van der Waals surface area (Å²) in [4.78, 5) is 62.1. The molecule has 0 bridgehead atoms. The molecular weight excluding hydrogens is 1050 g/mol. The molecule has 0 saturated carbocycles. The molecule has 0 spiro atoms. The Labute approximate surface area is 484 Å². The smallest absolute Gasteiger partial charge is 0.298 e. The van der Waals surface area contributed by atoms with Gasteiger partial charge in [0.2, 0.25) is 11.3 Å². The van der Waals surface area contributed by atoms with Crippen molar-refractivity contribution in [2.45, 2.75) is 57.4 Å². The maximum absolute atomic E-state index is 13.2. The molecule has 9 rings (SSSR count). The van der Waals surface area contributed by atoms with Crippen LogP contribution in [0.4, 0.5) is 11.5 Å². The van der Waals surface area contributed by atoms with E-state index in [0.29, 0.717) is 100 Å². The number of amides is 2. The van der Waals surface area contributed by atoms with Crippen molar-refractivity contribution in [3.63, 3.8) is 0 Å². The predicted octanol–water partition coefficient (Wildman–Crippen LogP) is 8.70. The van der Waals surface area contributed by atoms with Gasteiger partial charge in [0.1, 0.15) is 42.8 Å². The summed E-state index contributed by atoms with van der Waals surface area (Å²) < 4.78 is 36.4. The quantitative estimate of drug-likeness (QED) is 0.0162. The van der Waals surface area contributed by atoms with Crippen molar-refractivity contribution in [1.82, 2.24) is 25.2 Å². The van der Waals surface area contributed by atoms with Gasteiger partial charge in [-0.2, -0.15) is 0 Å². The summed E-state index contributed by atoms with van der Waals surface area (Å²) in [5.74, 6) is 2.17. The molecule has 1 aromatic heterocycles. The van der Waals surface area contributed by atoms with Crippen LogP contribution in [0, 0.1) is 0 Å². The molecule has 432 valence electrons. The van der Waals surface area contributed by atoms with Gasteiger partial charge < -0.3 is 49.0 Å². The van der Waals surface area contributed by atoms with Crippen molar-refractivity contribution in [1.29, 1.82) is 0 Å². The number of benzene rings is 6. The number of ether oxygens (including phenoxy) is 5. The minimum atomic E-state index is -0.340. The molecule has 2 heterocycles. The Balaban J connectivity index is 0.582. The number of rotatable bonds is 31. The lowest BCUT2D eigenvalue weighted by molar-refractivity contribution is -0.122. The number of carbonyl (C=O) groups is 4. The van der Waals surface area contributed by atoms with Crippen LogP contribution in [0.1, 0.15) is 59.2 Å². The van der Waals surface area contributed by atoms with Gasteiger partial charge in [-0.1, -0.05) is 67.1 Å². The van der Waals surface area contributed by atoms with Gasteiger partial charge in [0, 0.05) is 109 Å². The molecule has 3 N–H and O–H groups in total. The van der Waals surface area contributed by atoms with Gasteiger partial charge >= 0.3 is 0 Å². The van der Waals surface area contributed by atoms with E-state index in [1.165, 1.54) is 11.1 Å². The number of ketones is 1. The first-order chi connectivity index (χ1) is 40.5. The summed E-state index contributed by atoms with van der Waals surface area (Å²) in [5.41, 5.74) is 9.75. The topological polar surface area (TPSA) is 196 Å². The molecule has 0 fully saturated rings. The van der Waals surface area contributed by atoms with E-state index in [0.717, 1.165) is 87.5 Å². The van der Waals surface area contributed by atoms with E-state index in [4.69, 9.17) is 38.1 Å². The zero-order chi connectivity index (χ0) is 57.9. The molecule has 0 unspecified atom stereocenters. The van der Waals surface area contributed by atoms with E-state index >= 15 is 0 Å². The Morgan fingerprint density at radius 2 is 1.37 bits per heavy atom. The van der Waals surface area contributed by atoms with E-state index in [2.05, 4.69) is 46.3 Å². The van der Waals surface area contributed by atoms with Crippen LogP contribution in [0.5, 0.6) is 5.75 Å². The van der Waals surface area contributed by atoms with Gasteiger partial charge in [-0.3, -0.25) is 19.2 Å². The molecular formula is C66H74N7O10+. The standard InChI is InChI=1S/C66H73N7O10/c1-72(2)51-22-25-56-60(42-51)83-61-43-52(73(3)4)23-26-57(61)63(56)55-24-21-49(41-59(55)82-44-74)66(77)68-29-31-79-33-35-81-37-36-80-34-32-78-30-27-62(76)67-28-11-5-6-14-53(75)38-45-17-19-46(20-18-45)64-70-58-16-10-9-15-54(58)65(71-64)69-50-39-47-12-7-8-13-48(47)40-50/h7-10,12-13,15-26,41-44,50H,5-6,11,14,27-40H2,1-4H3,(H2-,67,68,69,70,71,76,77)/p+1. The van der Waals surface area contributed by atoms with Gasteiger partial charge in [-0.25, -0.2) is 14.5 Å². The van der Waals surface area contributed by atoms with E-state index in [9.17, 15) is 19.2 Å². The number of carbonyl (C=O) groups excluding carboxylic acids is 4. The van der Waals surface area contributed by atoms with Gasteiger partial charge in [-0.05, 0) is 90.9 Å². The number of anilines is 2. The Morgan fingerprint density at radius 1 is 0.675 bits per heavy atom. The van der Waals surface area contributed by atoms with Crippen molar-refractivity contribution in [2.24, 2.45) is 0 Å². The summed E-state index contributed by atoms with van der Waals surface area (Å²) in [5, 5.41) is 12.3. The largest absolute Gasteiger partial charge is 0.456 e. The van der Waals surface area contributed by atoms with Gasteiger partial charge in [0.15, 0.2) is 5.82 Å². The summed E-state index contributed by atoms with van der Waals surface area (Å²) in [6.45, 7) is 3.93. The second kappa shape index (κ2) is 29.6. The molecule has 6 aromatic rings.